The monoisotopic (exact) mass is 314 g/mol. The van der Waals surface area contributed by atoms with Gasteiger partial charge in [-0.1, -0.05) is 20.8 Å². The van der Waals surface area contributed by atoms with Crippen molar-refractivity contribution < 1.29 is 14.6 Å². The second kappa shape index (κ2) is 8.16. The molecule has 0 aromatic rings. The summed E-state index contributed by atoms with van der Waals surface area (Å²) in [5.41, 5.74) is -0.490. The Morgan fingerprint density at radius 1 is 1.36 bits per heavy atom. The molecule has 1 saturated carbocycles. The lowest BCUT2D eigenvalue weighted by molar-refractivity contribution is 0.0216. The number of rotatable bonds is 5. The van der Waals surface area contributed by atoms with Gasteiger partial charge in [0.1, 0.15) is 5.60 Å². The van der Waals surface area contributed by atoms with E-state index in [9.17, 15) is 9.90 Å². The van der Waals surface area contributed by atoms with Gasteiger partial charge in [0, 0.05) is 18.6 Å². The van der Waals surface area contributed by atoms with Crippen LogP contribution in [0.1, 0.15) is 60.8 Å². The Labute approximate surface area is 135 Å². The van der Waals surface area contributed by atoms with Crippen molar-refractivity contribution in [1.82, 2.24) is 10.2 Å². The number of nitrogens with one attached hydrogen (secondary N) is 1. The van der Waals surface area contributed by atoms with Gasteiger partial charge in [0.15, 0.2) is 0 Å². The van der Waals surface area contributed by atoms with E-state index in [1.165, 1.54) is 0 Å². The van der Waals surface area contributed by atoms with Crippen LogP contribution in [0.15, 0.2) is 0 Å². The minimum absolute atomic E-state index is 0.0388. The molecular weight excluding hydrogens is 280 g/mol. The van der Waals surface area contributed by atoms with E-state index in [-0.39, 0.29) is 24.3 Å². The van der Waals surface area contributed by atoms with Gasteiger partial charge in [-0.3, -0.25) is 4.90 Å². The van der Waals surface area contributed by atoms with Crippen LogP contribution in [0.5, 0.6) is 0 Å². The SMILES string of the molecule is CCN(CC(C)C)C1CC(O)CCC1NC(=O)OC(C)(C)C. The van der Waals surface area contributed by atoms with Crippen molar-refractivity contribution in [2.24, 2.45) is 5.92 Å². The molecule has 1 aliphatic rings. The van der Waals surface area contributed by atoms with E-state index in [0.717, 1.165) is 25.9 Å². The van der Waals surface area contributed by atoms with E-state index in [0.29, 0.717) is 12.3 Å². The van der Waals surface area contributed by atoms with Crippen molar-refractivity contribution in [3.63, 3.8) is 0 Å². The summed E-state index contributed by atoms with van der Waals surface area (Å²) in [6.07, 6.45) is 1.60. The molecule has 1 amide bonds. The second-order valence-corrected chi connectivity index (χ2v) is 7.77. The number of nitrogens with zero attached hydrogens (tertiary/aromatic N) is 1. The minimum atomic E-state index is -0.490. The quantitative estimate of drug-likeness (QED) is 0.819. The van der Waals surface area contributed by atoms with Crippen LogP contribution in [0.2, 0.25) is 0 Å². The highest BCUT2D eigenvalue weighted by Crippen LogP contribution is 2.25. The summed E-state index contributed by atoms with van der Waals surface area (Å²) < 4.78 is 5.38. The number of ether oxygens (including phenoxy) is 1. The van der Waals surface area contributed by atoms with E-state index in [4.69, 9.17) is 4.74 Å². The molecular formula is C17H34N2O3. The molecule has 3 atom stereocenters. The fourth-order valence-electron chi connectivity index (χ4n) is 3.12. The number of amides is 1. The lowest BCUT2D eigenvalue weighted by atomic mass is 9.86. The Hall–Kier alpha value is -0.810. The number of carbonyl (C=O) groups excluding carboxylic acids is 1. The summed E-state index contributed by atoms with van der Waals surface area (Å²) in [5.74, 6) is 0.557. The largest absolute Gasteiger partial charge is 0.444 e. The maximum atomic E-state index is 12.1. The molecule has 3 unspecified atom stereocenters. The Morgan fingerprint density at radius 3 is 2.50 bits per heavy atom. The average Bonchev–Trinajstić information content (AvgIpc) is 2.35. The fraction of sp³-hybridized carbons (Fsp3) is 0.941. The Bertz CT molecular complexity index is 352. The molecule has 22 heavy (non-hydrogen) atoms. The van der Waals surface area contributed by atoms with Crippen LogP contribution < -0.4 is 5.32 Å². The lowest BCUT2D eigenvalue weighted by Gasteiger charge is -2.42. The third-order valence-electron chi connectivity index (χ3n) is 3.97. The predicted molar refractivity (Wildman–Crippen MR) is 88.9 cm³/mol. The zero-order valence-corrected chi connectivity index (χ0v) is 15.1. The molecule has 0 radical (unpaired) electrons. The van der Waals surface area contributed by atoms with Crippen LogP contribution in [0.3, 0.4) is 0 Å². The second-order valence-electron chi connectivity index (χ2n) is 7.77. The van der Waals surface area contributed by atoms with E-state index in [1.807, 2.05) is 20.8 Å². The summed E-state index contributed by atoms with van der Waals surface area (Å²) in [5, 5.41) is 13.0. The first kappa shape index (κ1) is 19.2. The van der Waals surface area contributed by atoms with Crippen molar-refractivity contribution in [3.8, 4) is 0 Å². The normalized spacial score (nSPS) is 26.3. The standard InChI is InChI=1S/C17H34N2O3/c1-7-19(11-12(2)3)15-10-13(20)8-9-14(15)18-16(21)22-17(4,5)6/h12-15,20H,7-11H2,1-6H3,(H,18,21). The first-order valence-electron chi connectivity index (χ1n) is 8.54. The molecule has 5 nitrogen and oxygen atoms in total. The molecule has 1 fully saturated rings. The molecule has 1 rings (SSSR count). The van der Waals surface area contributed by atoms with E-state index in [2.05, 4.69) is 31.0 Å². The Balaban J connectivity index is 2.73. The molecule has 5 heteroatoms. The van der Waals surface area contributed by atoms with Crippen LogP contribution in [0.25, 0.3) is 0 Å². The van der Waals surface area contributed by atoms with E-state index < -0.39 is 5.60 Å². The zero-order valence-electron chi connectivity index (χ0n) is 15.1. The zero-order chi connectivity index (χ0) is 16.9. The van der Waals surface area contributed by atoms with Gasteiger partial charge in [-0.2, -0.15) is 0 Å². The van der Waals surface area contributed by atoms with E-state index in [1.54, 1.807) is 0 Å². The predicted octanol–water partition coefficient (Wildman–Crippen LogP) is 2.77. The van der Waals surface area contributed by atoms with Gasteiger partial charge >= 0.3 is 6.09 Å². The molecule has 2 N–H and O–H groups in total. The molecule has 130 valence electrons. The van der Waals surface area contributed by atoms with Crippen LogP contribution in [0.4, 0.5) is 4.79 Å². The van der Waals surface area contributed by atoms with Gasteiger partial charge in [-0.05, 0) is 52.5 Å². The van der Waals surface area contributed by atoms with Crippen LogP contribution in [0, 0.1) is 5.92 Å². The molecule has 0 heterocycles. The highest BCUT2D eigenvalue weighted by atomic mass is 16.6. The number of likely N-dealkylation sites (N-methyl/N-ethyl adjacent to an activating group) is 1. The number of carbonyl (C=O) groups is 1. The van der Waals surface area contributed by atoms with Crippen molar-refractivity contribution in [3.05, 3.63) is 0 Å². The summed E-state index contributed by atoms with van der Waals surface area (Å²) >= 11 is 0. The molecule has 1 aliphatic carbocycles. The maximum Gasteiger partial charge on any atom is 0.407 e. The number of alkyl carbamates (subject to hydrolysis) is 1. The smallest absolute Gasteiger partial charge is 0.407 e. The van der Waals surface area contributed by atoms with Crippen LogP contribution in [-0.2, 0) is 4.74 Å². The highest BCUT2D eigenvalue weighted by Gasteiger charge is 2.35. The highest BCUT2D eigenvalue weighted by molar-refractivity contribution is 5.68. The van der Waals surface area contributed by atoms with Gasteiger partial charge in [-0.15, -0.1) is 0 Å². The first-order chi connectivity index (χ1) is 10.1. The third kappa shape index (κ3) is 6.53. The Kier molecular flexibility index (Phi) is 7.13. The summed E-state index contributed by atoms with van der Waals surface area (Å²) in [4.78, 5) is 14.4. The average molecular weight is 314 g/mol. The Morgan fingerprint density at radius 2 is 2.00 bits per heavy atom. The van der Waals surface area contributed by atoms with E-state index >= 15 is 0 Å². The molecule has 0 bridgehead atoms. The van der Waals surface area contributed by atoms with Gasteiger partial charge in [0.05, 0.1) is 6.10 Å². The summed E-state index contributed by atoms with van der Waals surface area (Å²) in [6, 6.07) is 0.209. The third-order valence-corrected chi connectivity index (χ3v) is 3.97. The summed E-state index contributed by atoms with van der Waals surface area (Å²) in [7, 11) is 0. The number of aliphatic hydroxyl groups excluding tert-OH is 1. The molecule has 0 aromatic carbocycles. The van der Waals surface area contributed by atoms with Gasteiger partial charge in [-0.25, -0.2) is 4.79 Å². The number of aliphatic hydroxyl groups is 1. The van der Waals surface area contributed by atoms with Crippen LogP contribution in [-0.4, -0.2) is 53.0 Å². The number of hydrogen-bond donors (Lipinski definition) is 2. The topological polar surface area (TPSA) is 61.8 Å². The molecule has 0 aromatic heterocycles. The van der Waals surface area contributed by atoms with Crippen molar-refractivity contribution >= 4 is 6.09 Å². The summed E-state index contributed by atoms with van der Waals surface area (Å²) in [6.45, 7) is 14.0. The fourth-order valence-corrected chi connectivity index (χ4v) is 3.12. The number of hydrogen-bond acceptors (Lipinski definition) is 4. The van der Waals surface area contributed by atoms with Gasteiger partial charge in [0.25, 0.3) is 0 Å². The maximum absolute atomic E-state index is 12.1. The van der Waals surface area contributed by atoms with Crippen molar-refractivity contribution in [1.29, 1.82) is 0 Å². The van der Waals surface area contributed by atoms with Crippen molar-refractivity contribution in [2.75, 3.05) is 13.1 Å². The first-order valence-corrected chi connectivity index (χ1v) is 8.54. The molecule has 0 spiro atoms. The van der Waals surface area contributed by atoms with Crippen molar-refractivity contribution in [2.45, 2.75) is 84.6 Å². The molecule has 0 saturated heterocycles. The minimum Gasteiger partial charge on any atom is -0.444 e. The lowest BCUT2D eigenvalue weighted by Crippen LogP contribution is -2.56. The molecule has 0 aliphatic heterocycles. The van der Waals surface area contributed by atoms with Gasteiger partial charge < -0.3 is 15.2 Å². The van der Waals surface area contributed by atoms with Crippen LogP contribution >= 0.6 is 0 Å². The van der Waals surface area contributed by atoms with Gasteiger partial charge in [0.2, 0.25) is 0 Å².